The summed E-state index contributed by atoms with van der Waals surface area (Å²) in [5.74, 6) is -1.19. The predicted molar refractivity (Wildman–Crippen MR) is 92.1 cm³/mol. The Morgan fingerprint density at radius 2 is 1.72 bits per heavy atom. The van der Waals surface area contributed by atoms with Gasteiger partial charge >= 0.3 is 0 Å². The molecule has 124 valence electrons. The number of carbonyl (C=O) groups is 1. The summed E-state index contributed by atoms with van der Waals surface area (Å²) in [5.41, 5.74) is 1.78. The largest absolute Gasteiger partial charge is 0.269 e. The lowest BCUT2D eigenvalue weighted by Gasteiger charge is -2.05. The lowest BCUT2D eigenvalue weighted by atomic mass is 10.1. The first-order valence-electron chi connectivity index (χ1n) is 7.14. The van der Waals surface area contributed by atoms with Gasteiger partial charge in [0.2, 0.25) is 10.0 Å². The topological polar surface area (TPSA) is 111 Å². The Morgan fingerprint density at radius 1 is 1.04 bits per heavy atom. The highest BCUT2D eigenvalue weighted by atomic mass is 32.2. The van der Waals surface area contributed by atoms with E-state index in [1.807, 2.05) is 16.9 Å². The average molecular weight is 351 g/mol. The van der Waals surface area contributed by atoms with Crippen LogP contribution in [0.3, 0.4) is 0 Å². The first kappa shape index (κ1) is 17.9. The lowest BCUT2D eigenvalue weighted by molar-refractivity contribution is -0.114. The molecule has 2 aromatic rings. The van der Waals surface area contributed by atoms with Crippen molar-refractivity contribution < 1.29 is 13.2 Å². The van der Waals surface area contributed by atoms with Crippen molar-refractivity contribution in [3.63, 3.8) is 0 Å². The van der Waals surface area contributed by atoms with Crippen molar-refractivity contribution >= 4 is 22.0 Å². The number of hydrogen-bond donors (Lipinski definition) is 1. The number of amides is 1. The first-order valence-corrected chi connectivity index (χ1v) is 8.79. The van der Waals surface area contributed by atoms with Crippen molar-refractivity contribution in [2.45, 2.75) is 5.75 Å². The summed E-state index contributed by atoms with van der Waals surface area (Å²) in [4.78, 5) is 11.8. The molecule has 0 aromatic heterocycles. The van der Waals surface area contributed by atoms with Crippen LogP contribution in [0.2, 0.25) is 0 Å². The molecule has 0 aliphatic carbocycles. The summed E-state index contributed by atoms with van der Waals surface area (Å²) in [6, 6.07) is 16.6. The summed E-state index contributed by atoms with van der Waals surface area (Å²) in [5, 5.41) is 17.7. The van der Waals surface area contributed by atoms with E-state index in [0.717, 1.165) is 6.08 Å². The number of sulfonamides is 1. The van der Waals surface area contributed by atoms with Crippen LogP contribution in [0.25, 0.3) is 6.08 Å². The molecule has 0 saturated heterocycles. The monoisotopic (exact) mass is 351 g/mol. The molecule has 0 aliphatic rings. The van der Waals surface area contributed by atoms with E-state index in [0.29, 0.717) is 22.3 Å². The Morgan fingerprint density at radius 3 is 2.36 bits per heavy atom. The molecule has 0 radical (unpaired) electrons. The van der Waals surface area contributed by atoms with Crippen LogP contribution in [0.1, 0.15) is 22.3 Å². The summed E-state index contributed by atoms with van der Waals surface area (Å²) in [7, 11) is -3.87. The van der Waals surface area contributed by atoms with Crippen LogP contribution >= 0.6 is 0 Å². The number of rotatable bonds is 5. The maximum atomic E-state index is 12.0. The van der Waals surface area contributed by atoms with Crippen LogP contribution in [0.4, 0.5) is 0 Å². The fraction of sp³-hybridized carbons (Fsp3) is 0.0556. The quantitative estimate of drug-likeness (QED) is 0.829. The van der Waals surface area contributed by atoms with Gasteiger partial charge in [-0.05, 0) is 35.4 Å². The van der Waals surface area contributed by atoms with Gasteiger partial charge in [0.25, 0.3) is 5.91 Å². The summed E-state index contributed by atoms with van der Waals surface area (Å²) < 4.78 is 26.0. The van der Waals surface area contributed by atoms with Gasteiger partial charge in [-0.2, -0.15) is 10.5 Å². The average Bonchev–Trinajstić information content (AvgIpc) is 2.60. The minimum atomic E-state index is -3.87. The molecule has 0 bridgehead atoms. The normalized spacial score (nSPS) is 10.8. The number of carbonyl (C=O) groups excluding carboxylic acids is 1. The van der Waals surface area contributed by atoms with E-state index in [-0.39, 0.29) is 5.75 Å². The van der Waals surface area contributed by atoms with Gasteiger partial charge in [0.1, 0.15) is 0 Å². The van der Waals surface area contributed by atoms with Crippen molar-refractivity contribution in [3.05, 3.63) is 76.9 Å². The van der Waals surface area contributed by atoms with E-state index in [1.165, 1.54) is 30.3 Å². The van der Waals surface area contributed by atoms with Crippen LogP contribution in [-0.2, 0) is 20.6 Å². The molecule has 7 heteroatoms. The molecule has 0 atom stereocenters. The highest BCUT2D eigenvalue weighted by molar-refractivity contribution is 7.89. The Hall–Kier alpha value is -3.42. The summed E-state index contributed by atoms with van der Waals surface area (Å²) in [6.07, 6.45) is 2.44. The molecule has 0 saturated carbocycles. The standard InChI is InChI=1S/C18H13N3O3S/c19-11-14-5-7-15(8-6-14)13-25(23,24)21-18(22)10-9-16-3-1-2-4-17(16)12-20/h1-10H,13H2,(H,21,22)/b10-9-. The van der Waals surface area contributed by atoms with Crippen molar-refractivity contribution in [2.75, 3.05) is 0 Å². The molecule has 6 nitrogen and oxygen atoms in total. The number of nitrogens with one attached hydrogen (secondary N) is 1. The molecular formula is C18H13N3O3S. The maximum Gasteiger partial charge on any atom is 0.257 e. The molecule has 0 unspecified atom stereocenters. The molecule has 2 aromatic carbocycles. The van der Waals surface area contributed by atoms with E-state index in [1.54, 1.807) is 24.3 Å². The Kier molecular flexibility index (Phi) is 5.67. The highest BCUT2D eigenvalue weighted by Gasteiger charge is 2.14. The zero-order valence-corrected chi connectivity index (χ0v) is 13.8. The predicted octanol–water partition coefficient (Wildman–Crippen LogP) is 2.09. The number of hydrogen-bond acceptors (Lipinski definition) is 5. The minimum absolute atomic E-state index is 0.381. The smallest absolute Gasteiger partial charge is 0.257 e. The second-order valence-electron chi connectivity index (χ2n) is 5.07. The summed E-state index contributed by atoms with van der Waals surface area (Å²) >= 11 is 0. The SMILES string of the molecule is N#Cc1ccc(CS(=O)(=O)NC(=O)/C=C\c2ccccc2C#N)cc1. The van der Waals surface area contributed by atoms with Crippen molar-refractivity contribution in [1.82, 2.24) is 4.72 Å². The van der Waals surface area contributed by atoms with Crippen LogP contribution in [-0.4, -0.2) is 14.3 Å². The summed E-state index contributed by atoms with van der Waals surface area (Å²) in [6.45, 7) is 0. The fourth-order valence-corrected chi connectivity index (χ4v) is 3.11. The molecule has 0 spiro atoms. The van der Waals surface area contributed by atoms with Crippen molar-refractivity contribution in [3.8, 4) is 12.1 Å². The first-order chi connectivity index (χ1) is 11.9. The molecular weight excluding hydrogens is 338 g/mol. The van der Waals surface area contributed by atoms with Gasteiger partial charge in [-0.15, -0.1) is 0 Å². The number of nitrogens with zero attached hydrogens (tertiary/aromatic N) is 2. The van der Waals surface area contributed by atoms with Crippen LogP contribution < -0.4 is 4.72 Å². The van der Waals surface area contributed by atoms with Gasteiger partial charge in [0, 0.05) is 6.08 Å². The third-order valence-electron chi connectivity index (χ3n) is 3.19. The van der Waals surface area contributed by atoms with Crippen LogP contribution in [0.15, 0.2) is 54.6 Å². The molecule has 1 N–H and O–H groups in total. The van der Waals surface area contributed by atoms with E-state index in [2.05, 4.69) is 0 Å². The van der Waals surface area contributed by atoms with Crippen LogP contribution in [0.5, 0.6) is 0 Å². The van der Waals surface area contributed by atoms with Crippen molar-refractivity contribution in [1.29, 1.82) is 10.5 Å². The third-order valence-corrected chi connectivity index (χ3v) is 4.42. The highest BCUT2D eigenvalue weighted by Crippen LogP contribution is 2.10. The van der Waals surface area contributed by atoms with Gasteiger partial charge in [0.15, 0.2) is 0 Å². The minimum Gasteiger partial charge on any atom is -0.269 e. The number of benzene rings is 2. The maximum absolute atomic E-state index is 12.0. The molecule has 25 heavy (non-hydrogen) atoms. The molecule has 0 fully saturated rings. The number of nitriles is 2. The third kappa shape index (κ3) is 5.31. The fourth-order valence-electron chi connectivity index (χ4n) is 2.03. The second-order valence-corrected chi connectivity index (χ2v) is 6.79. The van der Waals surface area contributed by atoms with Gasteiger partial charge in [-0.3, -0.25) is 4.79 Å². The zero-order valence-electron chi connectivity index (χ0n) is 13.0. The van der Waals surface area contributed by atoms with Gasteiger partial charge in [-0.25, -0.2) is 13.1 Å². The van der Waals surface area contributed by atoms with Crippen LogP contribution in [0, 0.1) is 22.7 Å². The van der Waals surface area contributed by atoms with E-state index in [4.69, 9.17) is 10.5 Å². The molecule has 1 amide bonds. The zero-order chi connectivity index (χ0) is 18.3. The van der Waals surface area contributed by atoms with Crippen molar-refractivity contribution in [2.24, 2.45) is 0 Å². The Bertz CT molecular complexity index is 995. The van der Waals surface area contributed by atoms with Gasteiger partial charge in [-0.1, -0.05) is 30.3 Å². The van der Waals surface area contributed by atoms with E-state index < -0.39 is 15.9 Å². The lowest BCUT2D eigenvalue weighted by Crippen LogP contribution is -2.30. The molecule has 0 heterocycles. The van der Waals surface area contributed by atoms with E-state index in [9.17, 15) is 13.2 Å². The second kappa shape index (κ2) is 7.91. The molecule has 0 aliphatic heterocycles. The van der Waals surface area contributed by atoms with Gasteiger partial charge < -0.3 is 0 Å². The Balaban J connectivity index is 2.04. The Labute approximate surface area is 145 Å². The molecule has 2 rings (SSSR count). The van der Waals surface area contributed by atoms with Gasteiger partial charge in [0.05, 0.1) is 29.0 Å². The van der Waals surface area contributed by atoms with E-state index >= 15 is 0 Å².